The van der Waals surface area contributed by atoms with Crippen LogP contribution >= 0.6 is 0 Å². The minimum absolute atomic E-state index is 0.0304. The number of fused-ring (bicyclic) bond motifs is 1. The monoisotopic (exact) mass is 478 g/mol. The van der Waals surface area contributed by atoms with E-state index in [9.17, 15) is 18.8 Å². The highest BCUT2D eigenvalue weighted by atomic mass is 19.1. The molecular weight excluding hydrogens is 455 g/mol. The molecule has 3 aromatic rings. The minimum atomic E-state index is -0.459. The van der Waals surface area contributed by atoms with Crippen LogP contribution < -0.4 is 25.8 Å². The Kier molecular flexibility index (Phi) is 5.18. The van der Waals surface area contributed by atoms with Gasteiger partial charge in [-0.25, -0.2) is 9.18 Å². The molecule has 0 radical (unpaired) electrons. The van der Waals surface area contributed by atoms with Gasteiger partial charge in [0.25, 0.3) is 11.5 Å². The van der Waals surface area contributed by atoms with Crippen molar-refractivity contribution in [3.05, 3.63) is 64.2 Å². The lowest BCUT2D eigenvalue weighted by Gasteiger charge is -2.20. The van der Waals surface area contributed by atoms with E-state index >= 15 is 0 Å². The Hall–Kier alpha value is -3.92. The van der Waals surface area contributed by atoms with E-state index in [0.717, 1.165) is 5.39 Å². The van der Waals surface area contributed by atoms with Crippen LogP contribution in [0.25, 0.3) is 10.9 Å². The zero-order valence-corrected chi connectivity index (χ0v) is 18.8. The molecule has 180 valence electrons. The molecule has 0 spiro atoms. The summed E-state index contributed by atoms with van der Waals surface area (Å²) in [7, 11) is 0. The number of pyridine rings is 1. The number of halogens is 1. The first kappa shape index (κ1) is 21.6. The van der Waals surface area contributed by atoms with Gasteiger partial charge in [0.1, 0.15) is 17.7 Å². The molecule has 9 nitrogen and oxygen atoms in total. The molecule has 0 unspecified atom stereocenters. The third kappa shape index (κ3) is 3.79. The van der Waals surface area contributed by atoms with Crippen molar-refractivity contribution in [1.82, 2.24) is 9.88 Å². The Morgan fingerprint density at radius 3 is 2.83 bits per heavy atom. The summed E-state index contributed by atoms with van der Waals surface area (Å²) in [5, 5.41) is 6.90. The first-order valence-corrected chi connectivity index (χ1v) is 11.6. The summed E-state index contributed by atoms with van der Waals surface area (Å²) in [5.74, 6) is -0.0714. The van der Waals surface area contributed by atoms with Gasteiger partial charge in [0, 0.05) is 36.3 Å². The average molecular weight is 478 g/mol. The van der Waals surface area contributed by atoms with Gasteiger partial charge in [-0.3, -0.25) is 14.5 Å². The van der Waals surface area contributed by atoms with Crippen LogP contribution in [0.15, 0.2) is 47.3 Å². The standard InChI is InChI=1S/C25H23FN4O5/c26-18-4-1-14-2-6-22(32)30-11-15(23(18)24(14)30)7-8-27-10-17-12-29(25(33)35-17)16-3-5-20-19(9-16)28-21(31)13-34-20/h1-6,9,15,17,27H,7-8,10-13H2,(H,28,31)/t15-,17-/m1/s1. The molecule has 1 fully saturated rings. The molecule has 35 heavy (non-hydrogen) atoms. The van der Waals surface area contributed by atoms with E-state index in [0.29, 0.717) is 60.8 Å². The van der Waals surface area contributed by atoms with Gasteiger partial charge in [0.05, 0.1) is 17.7 Å². The van der Waals surface area contributed by atoms with E-state index in [1.165, 1.54) is 17.0 Å². The molecule has 6 rings (SSSR count). The van der Waals surface area contributed by atoms with E-state index < -0.39 is 6.09 Å². The van der Waals surface area contributed by atoms with E-state index in [-0.39, 0.29) is 35.9 Å². The van der Waals surface area contributed by atoms with Crippen LogP contribution in [0.1, 0.15) is 17.9 Å². The van der Waals surface area contributed by atoms with Gasteiger partial charge >= 0.3 is 6.09 Å². The van der Waals surface area contributed by atoms with Crippen LogP contribution in [0.4, 0.5) is 20.6 Å². The highest BCUT2D eigenvalue weighted by Crippen LogP contribution is 2.36. The SMILES string of the molecule is O=C1COc2ccc(N3C[C@@H](CNCC[C@@H]4Cn5c(=O)ccc6ccc(F)c4c65)OC3=O)cc2N1. The van der Waals surface area contributed by atoms with Crippen LogP contribution in [-0.2, 0) is 16.1 Å². The molecule has 0 aliphatic carbocycles. The van der Waals surface area contributed by atoms with Crippen molar-refractivity contribution < 1.29 is 23.5 Å². The van der Waals surface area contributed by atoms with Crippen molar-refractivity contribution in [1.29, 1.82) is 0 Å². The van der Waals surface area contributed by atoms with Crippen molar-refractivity contribution >= 4 is 34.3 Å². The summed E-state index contributed by atoms with van der Waals surface area (Å²) < 4.78 is 27.1. The Morgan fingerprint density at radius 2 is 1.94 bits per heavy atom. The fraction of sp³-hybridized carbons (Fsp3) is 0.320. The number of nitrogens with zero attached hydrogens (tertiary/aromatic N) is 2. The molecule has 1 saturated heterocycles. The molecule has 4 heterocycles. The lowest BCUT2D eigenvalue weighted by atomic mass is 9.96. The maximum absolute atomic E-state index is 14.6. The van der Waals surface area contributed by atoms with Gasteiger partial charge in [0.2, 0.25) is 0 Å². The zero-order valence-electron chi connectivity index (χ0n) is 18.8. The predicted octanol–water partition coefficient (Wildman–Crippen LogP) is 2.57. The highest BCUT2D eigenvalue weighted by molar-refractivity contribution is 5.97. The van der Waals surface area contributed by atoms with Crippen molar-refractivity contribution in [2.75, 3.05) is 36.5 Å². The third-order valence-corrected chi connectivity index (χ3v) is 6.77. The van der Waals surface area contributed by atoms with Gasteiger partial charge in [-0.15, -0.1) is 0 Å². The molecule has 2 N–H and O–H groups in total. The minimum Gasteiger partial charge on any atom is -0.482 e. The van der Waals surface area contributed by atoms with Crippen molar-refractivity contribution in [2.45, 2.75) is 25.0 Å². The number of anilines is 2. The lowest BCUT2D eigenvalue weighted by molar-refractivity contribution is -0.118. The topological polar surface area (TPSA) is 102 Å². The van der Waals surface area contributed by atoms with Gasteiger partial charge < -0.3 is 24.7 Å². The van der Waals surface area contributed by atoms with Crippen molar-refractivity contribution in [3.63, 3.8) is 0 Å². The number of hydrogen-bond acceptors (Lipinski definition) is 6. The normalized spacial score (nSPS) is 20.5. The highest BCUT2D eigenvalue weighted by Gasteiger charge is 2.33. The number of cyclic esters (lactones) is 1. The number of nitrogens with one attached hydrogen (secondary N) is 2. The Labute approximate surface area is 199 Å². The molecule has 2 atom stereocenters. The second kappa shape index (κ2) is 8.38. The third-order valence-electron chi connectivity index (χ3n) is 6.77. The fourth-order valence-corrected chi connectivity index (χ4v) is 5.13. The van der Waals surface area contributed by atoms with E-state index in [1.54, 1.807) is 34.9 Å². The van der Waals surface area contributed by atoms with Gasteiger partial charge in [-0.1, -0.05) is 0 Å². The molecule has 0 bridgehead atoms. The van der Waals surface area contributed by atoms with Crippen LogP contribution in [-0.4, -0.2) is 48.9 Å². The maximum atomic E-state index is 14.6. The number of hydrogen-bond donors (Lipinski definition) is 2. The van der Waals surface area contributed by atoms with Crippen LogP contribution in [0.3, 0.4) is 0 Å². The molecule has 2 amide bonds. The summed E-state index contributed by atoms with van der Waals surface area (Å²) >= 11 is 0. The van der Waals surface area contributed by atoms with Crippen LogP contribution in [0.2, 0.25) is 0 Å². The Bertz CT molecular complexity index is 1420. The predicted molar refractivity (Wildman–Crippen MR) is 127 cm³/mol. The van der Waals surface area contributed by atoms with Gasteiger partial charge in [-0.2, -0.15) is 0 Å². The molecule has 2 aromatic carbocycles. The lowest BCUT2D eigenvalue weighted by Crippen LogP contribution is -2.32. The summed E-state index contributed by atoms with van der Waals surface area (Å²) in [6.07, 6.45) is -0.168. The number of rotatable bonds is 6. The van der Waals surface area contributed by atoms with E-state index in [1.807, 2.05) is 0 Å². The van der Waals surface area contributed by atoms with Gasteiger partial charge in [0.15, 0.2) is 6.61 Å². The largest absolute Gasteiger partial charge is 0.482 e. The summed E-state index contributed by atoms with van der Waals surface area (Å²) in [6.45, 7) is 1.81. The molecule has 1 aromatic heterocycles. The van der Waals surface area contributed by atoms with Crippen LogP contribution in [0, 0.1) is 5.82 Å². The Morgan fingerprint density at radius 1 is 1.09 bits per heavy atom. The summed E-state index contributed by atoms with van der Waals surface area (Å²) in [5.41, 5.74) is 2.30. The molecular formula is C25H23FN4O5. The summed E-state index contributed by atoms with van der Waals surface area (Å²) in [6, 6.07) is 11.6. The number of amides is 2. The van der Waals surface area contributed by atoms with E-state index in [2.05, 4.69) is 10.6 Å². The summed E-state index contributed by atoms with van der Waals surface area (Å²) in [4.78, 5) is 37.8. The number of ether oxygens (including phenoxy) is 2. The average Bonchev–Trinajstić information content (AvgIpc) is 3.42. The van der Waals surface area contributed by atoms with Crippen LogP contribution in [0.5, 0.6) is 5.75 Å². The van der Waals surface area contributed by atoms with E-state index in [4.69, 9.17) is 9.47 Å². The maximum Gasteiger partial charge on any atom is 0.414 e. The first-order chi connectivity index (χ1) is 17.0. The smallest absolute Gasteiger partial charge is 0.414 e. The molecule has 0 saturated carbocycles. The Balaban J connectivity index is 1.06. The first-order valence-electron chi connectivity index (χ1n) is 11.6. The number of aromatic nitrogens is 1. The van der Waals surface area contributed by atoms with Gasteiger partial charge in [-0.05, 0) is 54.8 Å². The molecule has 3 aliphatic heterocycles. The second-order valence-corrected chi connectivity index (χ2v) is 9.00. The van der Waals surface area contributed by atoms with Crippen molar-refractivity contribution in [2.24, 2.45) is 0 Å². The van der Waals surface area contributed by atoms with Crippen molar-refractivity contribution in [3.8, 4) is 5.75 Å². The second-order valence-electron chi connectivity index (χ2n) is 9.00. The molecule has 10 heteroatoms. The number of carbonyl (C=O) groups is 2. The quantitative estimate of drug-likeness (QED) is 0.528. The molecule has 3 aliphatic rings. The number of carbonyl (C=O) groups excluding carboxylic acids is 2. The number of benzene rings is 2. The zero-order chi connectivity index (χ0) is 24.1. The fourth-order valence-electron chi connectivity index (χ4n) is 5.13.